The van der Waals surface area contributed by atoms with Crippen LogP contribution in [-0.4, -0.2) is 20.9 Å². The number of aryl methyl sites for hydroxylation is 1. The van der Waals surface area contributed by atoms with E-state index in [9.17, 15) is 0 Å². The molecule has 0 unspecified atom stereocenters. The van der Waals surface area contributed by atoms with Crippen molar-refractivity contribution in [3.05, 3.63) is 24.0 Å². The van der Waals surface area contributed by atoms with Gasteiger partial charge in [-0.05, 0) is 25.3 Å². The molecule has 0 saturated carbocycles. The standard InChI is InChI=1S/C8H9N3S/c1-6-5-11-7(9-6)3-4-8(10-11)12-2/h3-5H,1-2H3. The SMILES string of the molecule is CSc1ccc2nc(C)cn2n1. The average Bonchev–Trinajstić information content (AvgIpc) is 2.43. The third kappa shape index (κ3) is 1.18. The molecule has 4 heteroatoms. The second-order valence-electron chi connectivity index (χ2n) is 2.56. The zero-order valence-electron chi connectivity index (χ0n) is 6.98. The van der Waals surface area contributed by atoms with E-state index in [1.807, 2.05) is 31.5 Å². The molecule has 2 aromatic heterocycles. The first-order valence-electron chi connectivity index (χ1n) is 3.66. The van der Waals surface area contributed by atoms with Crippen LogP contribution in [0.3, 0.4) is 0 Å². The quantitative estimate of drug-likeness (QED) is 0.625. The molecule has 0 bridgehead atoms. The summed E-state index contributed by atoms with van der Waals surface area (Å²) in [5.41, 5.74) is 1.91. The Morgan fingerprint density at radius 1 is 1.42 bits per heavy atom. The van der Waals surface area contributed by atoms with Crippen LogP contribution < -0.4 is 0 Å². The molecule has 3 nitrogen and oxygen atoms in total. The normalized spacial score (nSPS) is 10.8. The second-order valence-corrected chi connectivity index (χ2v) is 3.39. The molecule has 0 saturated heterocycles. The highest BCUT2D eigenvalue weighted by Crippen LogP contribution is 2.11. The summed E-state index contributed by atoms with van der Waals surface area (Å²) in [6, 6.07) is 3.96. The van der Waals surface area contributed by atoms with Gasteiger partial charge < -0.3 is 0 Å². The molecule has 0 amide bonds. The van der Waals surface area contributed by atoms with E-state index in [1.54, 1.807) is 16.3 Å². The second kappa shape index (κ2) is 2.79. The molecule has 0 fully saturated rings. The van der Waals surface area contributed by atoms with Gasteiger partial charge in [-0.1, -0.05) is 0 Å². The van der Waals surface area contributed by atoms with Gasteiger partial charge in [-0.3, -0.25) is 0 Å². The first kappa shape index (κ1) is 7.61. The minimum Gasteiger partial charge on any atom is -0.232 e. The fourth-order valence-corrected chi connectivity index (χ4v) is 1.47. The summed E-state index contributed by atoms with van der Waals surface area (Å²) in [7, 11) is 0. The average molecular weight is 179 g/mol. The van der Waals surface area contributed by atoms with Crippen LogP contribution in [0.4, 0.5) is 0 Å². The Balaban J connectivity index is 2.66. The molecule has 0 spiro atoms. The van der Waals surface area contributed by atoms with E-state index in [4.69, 9.17) is 0 Å². The molecular weight excluding hydrogens is 170 g/mol. The molecule has 2 heterocycles. The first-order chi connectivity index (χ1) is 5.79. The number of nitrogens with zero attached hydrogens (tertiary/aromatic N) is 3. The topological polar surface area (TPSA) is 30.2 Å². The van der Waals surface area contributed by atoms with Crippen molar-refractivity contribution in [1.29, 1.82) is 0 Å². The molecule has 0 aliphatic rings. The van der Waals surface area contributed by atoms with Gasteiger partial charge >= 0.3 is 0 Å². The third-order valence-corrected chi connectivity index (χ3v) is 2.26. The maximum Gasteiger partial charge on any atom is 0.153 e. The number of thioether (sulfide) groups is 1. The number of imidazole rings is 1. The number of fused-ring (bicyclic) bond motifs is 1. The predicted octanol–water partition coefficient (Wildman–Crippen LogP) is 1.76. The highest BCUT2D eigenvalue weighted by molar-refractivity contribution is 7.98. The van der Waals surface area contributed by atoms with Gasteiger partial charge in [-0.15, -0.1) is 11.8 Å². The highest BCUT2D eigenvalue weighted by atomic mass is 32.2. The smallest absolute Gasteiger partial charge is 0.153 e. The Morgan fingerprint density at radius 2 is 2.25 bits per heavy atom. The van der Waals surface area contributed by atoms with E-state index < -0.39 is 0 Å². The van der Waals surface area contributed by atoms with Crippen LogP contribution in [0.5, 0.6) is 0 Å². The number of aromatic nitrogens is 3. The van der Waals surface area contributed by atoms with E-state index >= 15 is 0 Å². The molecule has 2 rings (SSSR count). The van der Waals surface area contributed by atoms with Gasteiger partial charge in [0.15, 0.2) is 5.65 Å². The van der Waals surface area contributed by atoms with Gasteiger partial charge in [-0.2, -0.15) is 5.10 Å². The molecule has 0 radical (unpaired) electrons. The van der Waals surface area contributed by atoms with Gasteiger partial charge in [-0.25, -0.2) is 9.50 Å². The van der Waals surface area contributed by atoms with Gasteiger partial charge in [0.1, 0.15) is 5.03 Å². The summed E-state index contributed by atoms with van der Waals surface area (Å²) in [6.45, 7) is 1.97. The lowest BCUT2D eigenvalue weighted by Gasteiger charge is -1.94. The molecular formula is C8H9N3S. The molecule has 62 valence electrons. The van der Waals surface area contributed by atoms with E-state index in [2.05, 4.69) is 10.1 Å². The first-order valence-corrected chi connectivity index (χ1v) is 4.89. The predicted molar refractivity (Wildman–Crippen MR) is 49.5 cm³/mol. The lowest BCUT2D eigenvalue weighted by atomic mass is 10.6. The van der Waals surface area contributed by atoms with Crippen LogP contribution in [0, 0.1) is 6.92 Å². The third-order valence-electron chi connectivity index (χ3n) is 1.63. The Hall–Kier alpha value is -1.03. The summed E-state index contributed by atoms with van der Waals surface area (Å²) in [4.78, 5) is 4.28. The largest absolute Gasteiger partial charge is 0.232 e. The molecule has 0 N–H and O–H groups in total. The Morgan fingerprint density at radius 3 is 3.00 bits per heavy atom. The minimum atomic E-state index is 0.908. The number of hydrogen-bond donors (Lipinski definition) is 0. The van der Waals surface area contributed by atoms with Crippen molar-refractivity contribution in [2.24, 2.45) is 0 Å². The molecule has 0 atom stereocenters. The Bertz CT molecular complexity index is 408. The van der Waals surface area contributed by atoms with Crippen molar-refractivity contribution in [2.45, 2.75) is 11.9 Å². The lowest BCUT2D eigenvalue weighted by molar-refractivity contribution is 0.859. The summed E-state index contributed by atoms with van der Waals surface area (Å²) in [5, 5.41) is 5.35. The van der Waals surface area contributed by atoms with Crippen molar-refractivity contribution >= 4 is 17.4 Å². The summed E-state index contributed by atoms with van der Waals surface area (Å²) < 4.78 is 1.81. The number of hydrogen-bond acceptors (Lipinski definition) is 3. The highest BCUT2D eigenvalue weighted by Gasteiger charge is 1.98. The van der Waals surface area contributed by atoms with E-state index in [0.29, 0.717) is 0 Å². The molecule has 2 aromatic rings. The maximum atomic E-state index is 4.33. The van der Waals surface area contributed by atoms with Crippen molar-refractivity contribution < 1.29 is 0 Å². The summed E-state index contributed by atoms with van der Waals surface area (Å²) >= 11 is 1.63. The maximum absolute atomic E-state index is 4.33. The van der Waals surface area contributed by atoms with Crippen LogP contribution in [0.2, 0.25) is 0 Å². The summed E-state index contributed by atoms with van der Waals surface area (Å²) in [6.07, 6.45) is 3.94. The number of rotatable bonds is 1. The molecule has 0 aromatic carbocycles. The zero-order chi connectivity index (χ0) is 8.55. The monoisotopic (exact) mass is 179 g/mol. The summed E-state index contributed by atoms with van der Waals surface area (Å²) in [5.74, 6) is 0. The van der Waals surface area contributed by atoms with Gasteiger partial charge in [0, 0.05) is 0 Å². The van der Waals surface area contributed by atoms with Crippen molar-refractivity contribution in [1.82, 2.24) is 14.6 Å². The van der Waals surface area contributed by atoms with E-state index in [-0.39, 0.29) is 0 Å². The van der Waals surface area contributed by atoms with Crippen molar-refractivity contribution in [3.8, 4) is 0 Å². The van der Waals surface area contributed by atoms with Crippen LogP contribution in [0.25, 0.3) is 5.65 Å². The van der Waals surface area contributed by atoms with E-state index in [0.717, 1.165) is 16.4 Å². The minimum absolute atomic E-state index is 0.908. The van der Waals surface area contributed by atoms with Crippen molar-refractivity contribution in [2.75, 3.05) is 6.26 Å². The fourth-order valence-electron chi connectivity index (χ4n) is 1.09. The van der Waals surface area contributed by atoms with Gasteiger partial charge in [0.2, 0.25) is 0 Å². The zero-order valence-corrected chi connectivity index (χ0v) is 7.80. The van der Waals surface area contributed by atoms with Gasteiger partial charge in [0.25, 0.3) is 0 Å². The van der Waals surface area contributed by atoms with Crippen LogP contribution in [-0.2, 0) is 0 Å². The molecule has 12 heavy (non-hydrogen) atoms. The van der Waals surface area contributed by atoms with Crippen LogP contribution in [0.15, 0.2) is 23.4 Å². The van der Waals surface area contributed by atoms with Crippen molar-refractivity contribution in [3.63, 3.8) is 0 Å². The van der Waals surface area contributed by atoms with Gasteiger partial charge in [0.05, 0.1) is 11.9 Å². The molecule has 0 aliphatic carbocycles. The fraction of sp³-hybridized carbons (Fsp3) is 0.250. The Labute approximate surface area is 74.8 Å². The lowest BCUT2D eigenvalue weighted by Crippen LogP contribution is -1.90. The Kier molecular flexibility index (Phi) is 1.77. The van der Waals surface area contributed by atoms with Crippen LogP contribution in [0.1, 0.15) is 5.69 Å². The van der Waals surface area contributed by atoms with Crippen LogP contribution >= 0.6 is 11.8 Å². The molecule has 0 aliphatic heterocycles. The van der Waals surface area contributed by atoms with E-state index in [1.165, 1.54) is 0 Å².